The molecule has 1 aromatic carbocycles. The minimum atomic E-state index is -0.102. The highest BCUT2D eigenvalue weighted by Gasteiger charge is 2.29. The molecule has 0 aliphatic heterocycles. The molecule has 2 rings (SSSR count). The van der Waals surface area contributed by atoms with E-state index >= 15 is 0 Å². The first-order valence-electron chi connectivity index (χ1n) is 6.10. The van der Waals surface area contributed by atoms with Crippen molar-refractivity contribution in [3.05, 3.63) is 29.3 Å². The maximum absolute atomic E-state index is 6.50. The van der Waals surface area contributed by atoms with E-state index in [1.807, 2.05) is 6.07 Å². The van der Waals surface area contributed by atoms with Gasteiger partial charge in [0.15, 0.2) is 0 Å². The second kappa shape index (κ2) is 4.46. The summed E-state index contributed by atoms with van der Waals surface area (Å²) >= 11 is 0. The molecule has 0 aromatic heterocycles. The Morgan fingerprint density at radius 2 is 1.88 bits per heavy atom. The summed E-state index contributed by atoms with van der Waals surface area (Å²) in [7, 11) is 1.71. The Labute approximate surface area is 97.8 Å². The number of hydrogen-bond donors (Lipinski definition) is 1. The highest BCUT2D eigenvalue weighted by molar-refractivity contribution is 5.39. The van der Waals surface area contributed by atoms with Crippen molar-refractivity contribution >= 4 is 0 Å². The third-order valence-corrected chi connectivity index (χ3v) is 3.72. The predicted octanol–water partition coefficient (Wildman–Crippen LogP) is 3.12. The number of rotatable bonds is 2. The topological polar surface area (TPSA) is 35.2 Å². The minimum absolute atomic E-state index is 0.102. The lowest BCUT2D eigenvalue weighted by molar-refractivity contribution is 0.302. The zero-order valence-electron chi connectivity index (χ0n) is 10.3. The van der Waals surface area contributed by atoms with Gasteiger partial charge >= 0.3 is 0 Å². The largest absolute Gasteiger partial charge is 0.496 e. The average molecular weight is 219 g/mol. The fraction of sp³-hybridized carbons (Fsp3) is 0.571. The van der Waals surface area contributed by atoms with Crippen molar-refractivity contribution in [3.8, 4) is 5.75 Å². The molecule has 2 nitrogen and oxygen atoms in total. The molecular formula is C14H21NO. The van der Waals surface area contributed by atoms with Crippen LogP contribution in [0.25, 0.3) is 0 Å². The number of benzene rings is 1. The second-order valence-corrected chi connectivity index (χ2v) is 4.90. The van der Waals surface area contributed by atoms with Crippen molar-refractivity contribution in [2.75, 3.05) is 7.11 Å². The van der Waals surface area contributed by atoms with Crippen LogP contribution in [0.3, 0.4) is 0 Å². The fourth-order valence-corrected chi connectivity index (χ4v) is 2.66. The van der Waals surface area contributed by atoms with E-state index in [1.54, 1.807) is 7.11 Å². The van der Waals surface area contributed by atoms with Gasteiger partial charge < -0.3 is 10.5 Å². The number of nitrogens with two attached hydrogens (primary N) is 1. The zero-order valence-corrected chi connectivity index (χ0v) is 10.3. The van der Waals surface area contributed by atoms with Gasteiger partial charge in [0.05, 0.1) is 7.11 Å². The predicted molar refractivity (Wildman–Crippen MR) is 66.7 cm³/mol. The molecule has 0 radical (unpaired) electrons. The molecule has 0 heterocycles. The van der Waals surface area contributed by atoms with Crippen LogP contribution in [-0.2, 0) is 5.54 Å². The van der Waals surface area contributed by atoms with E-state index in [-0.39, 0.29) is 5.54 Å². The summed E-state index contributed by atoms with van der Waals surface area (Å²) in [6.45, 7) is 2.08. The monoisotopic (exact) mass is 219 g/mol. The smallest absolute Gasteiger partial charge is 0.121 e. The van der Waals surface area contributed by atoms with E-state index in [9.17, 15) is 0 Å². The van der Waals surface area contributed by atoms with Gasteiger partial charge in [0, 0.05) is 5.54 Å². The van der Waals surface area contributed by atoms with E-state index < -0.39 is 0 Å². The van der Waals surface area contributed by atoms with E-state index in [0.717, 1.165) is 18.6 Å². The quantitative estimate of drug-likeness (QED) is 0.829. The van der Waals surface area contributed by atoms with Crippen molar-refractivity contribution in [1.82, 2.24) is 0 Å². The van der Waals surface area contributed by atoms with Gasteiger partial charge in [0.25, 0.3) is 0 Å². The lowest BCUT2D eigenvalue weighted by Crippen LogP contribution is -2.38. The van der Waals surface area contributed by atoms with Crippen LogP contribution in [0.2, 0.25) is 0 Å². The summed E-state index contributed by atoms with van der Waals surface area (Å²) in [6.07, 6.45) is 6.05. The molecule has 1 aliphatic rings. The molecule has 0 bridgehead atoms. The van der Waals surface area contributed by atoms with Gasteiger partial charge in [-0.15, -0.1) is 0 Å². The zero-order chi connectivity index (χ0) is 11.6. The first-order valence-corrected chi connectivity index (χ1v) is 6.10. The molecule has 0 amide bonds. The molecule has 0 unspecified atom stereocenters. The van der Waals surface area contributed by atoms with Gasteiger partial charge in [-0.2, -0.15) is 0 Å². The standard InChI is InChI=1S/C14H21NO/c1-11-10-12(6-7-13(11)16-2)14(15)8-4-3-5-9-14/h6-7,10H,3-5,8-9,15H2,1-2H3. The third kappa shape index (κ3) is 2.07. The third-order valence-electron chi connectivity index (χ3n) is 3.72. The van der Waals surface area contributed by atoms with Crippen LogP contribution in [-0.4, -0.2) is 7.11 Å². The minimum Gasteiger partial charge on any atom is -0.496 e. The summed E-state index contributed by atoms with van der Waals surface area (Å²) in [5.41, 5.74) is 8.84. The van der Waals surface area contributed by atoms with Gasteiger partial charge in [-0.05, 0) is 37.0 Å². The van der Waals surface area contributed by atoms with Crippen LogP contribution < -0.4 is 10.5 Å². The molecule has 0 saturated heterocycles. The van der Waals surface area contributed by atoms with Crippen LogP contribution in [0.5, 0.6) is 5.75 Å². The SMILES string of the molecule is COc1ccc(C2(N)CCCCC2)cc1C. The van der Waals surface area contributed by atoms with Crippen LogP contribution in [0.15, 0.2) is 18.2 Å². The molecule has 88 valence electrons. The van der Waals surface area contributed by atoms with Gasteiger partial charge in [0.2, 0.25) is 0 Å². The molecule has 1 fully saturated rings. The van der Waals surface area contributed by atoms with Crippen molar-refractivity contribution in [2.45, 2.75) is 44.6 Å². The van der Waals surface area contributed by atoms with Gasteiger partial charge in [-0.25, -0.2) is 0 Å². The Morgan fingerprint density at radius 1 is 1.19 bits per heavy atom. The van der Waals surface area contributed by atoms with Gasteiger partial charge in [-0.3, -0.25) is 0 Å². The number of aryl methyl sites for hydroxylation is 1. The van der Waals surface area contributed by atoms with Crippen molar-refractivity contribution in [1.29, 1.82) is 0 Å². The number of methoxy groups -OCH3 is 1. The van der Waals surface area contributed by atoms with Crippen LogP contribution in [0.1, 0.15) is 43.2 Å². The van der Waals surface area contributed by atoms with Crippen LogP contribution in [0, 0.1) is 6.92 Å². The first kappa shape index (κ1) is 11.5. The Bertz CT molecular complexity index is 367. The van der Waals surface area contributed by atoms with Crippen LogP contribution in [0.4, 0.5) is 0 Å². The Balaban J connectivity index is 2.29. The highest BCUT2D eigenvalue weighted by Crippen LogP contribution is 2.36. The highest BCUT2D eigenvalue weighted by atomic mass is 16.5. The van der Waals surface area contributed by atoms with Crippen molar-refractivity contribution < 1.29 is 4.74 Å². The lowest BCUT2D eigenvalue weighted by Gasteiger charge is -2.34. The van der Waals surface area contributed by atoms with E-state index in [0.29, 0.717) is 0 Å². The number of ether oxygens (including phenoxy) is 1. The van der Waals surface area contributed by atoms with Crippen molar-refractivity contribution in [3.63, 3.8) is 0 Å². The molecule has 1 aromatic rings. The summed E-state index contributed by atoms with van der Waals surface area (Å²) in [5, 5.41) is 0. The van der Waals surface area contributed by atoms with Gasteiger partial charge in [0.1, 0.15) is 5.75 Å². The molecule has 0 atom stereocenters. The molecule has 16 heavy (non-hydrogen) atoms. The molecule has 0 spiro atoms. The maximum atomic E-state index is 6.50. The Hall–Kier alpha value is -1.02. The molecule has 1 aliphatic carbocycles. The summed E-state index contributed by atoms with van der Waals surface area (Å²) in [5.74, 6) is 0.947. The number of hydrogen-bond acceptors (Lipinski definition) is 2. The average Bonchev–Trinajstić information content (AvgIpc) is 2.30. The fourth-order valence-electron chi connectivity index (χ4n) is 2.66. The molecule has 1 saturated carbocycles. The van der Waals surface area contributed by atoms with E-state index in [1.165, 1.54) is 30.4 Å². The summed E-state index contributed by atoms with van der Waals surface area (Å²) in [6, 6.07) is 6.34. The van der Waals surface area contributed by atoms with Gasteiger partial charge in [-0.1, -0.05) is 31.4 Å². The Kier molecular flexibility index (Phi) is 3.20. The maximum Gasteiger partial charge on any atom is 0.121 e. The van der Waals surface area contributed by atoms with Crippen LogP contribution >= 0.6 is 0 Å². The molecule has 2 N–H and O–H groups in total. The molecular weight excluding hydrogens is 198 g/mol. The first-order chi connectivity index (χ1) is 7.65. The van der Waals surface area contributed by atoms with Crippen molar-refractivity contribution in [2.24, 2.45) is 5.73 Å². The second-order valence-electron chi connectivity index (χ2n) is 4.90. The lowest BCUT2D eigenvalue weighted by atomic mass is 9.77. The summed E-state index contributed by atoms with van der Waals surface area (Å²) in [4.78, 5) is 0. The normalized spacial score (nSPS) is 19.4. The molecule has 2 heteroatoms. The summed E-state index contributed by atoms with van der Waals surface area (Å²) < 4.78 is 5.28. The van der Waals surface area contributed by atoms with E-state index in [2.05, 4.69) is 19.1 Å². The Morgan fingerprint density at radius 3 is 2.44 bits per heavy atom. The van der Waals surface area contributed by atoms with E-state index in [4.69, 9.17) is 10.5 Å².